The highest BCUT2D eigenvalue weighted by atomic mass is 16.3. The number of hydrogen-bond acceptors (Lipinski definition) is 2. The van der Waals surface area contributed by atoms with Crippen LogP contribution in [0.4, 0.5) is 17.1 Å². The number of furan rings is 1. The summed E-state index contributed by atoms with van der Waals surface area (Å²) in [7, 11) is 0. The standard InChI is InChI=1S/C60H40N2O/c1-4-15-41(16-5-1)43-27-29-45(30-28-43)50-37-33-46(47-34-38-52-51-21-10-12-23-54(51)61(57(52)40-47)48-19-8-3-9-20-48)39-56(50)62(49-35-31-44(32-36-49)42-17-6-2-7-18-42)55-24-14-26-59-60(55)53-22-11-13-25-58(53)63-59/h1-40H. The Hall–Kier alpha value is -8.40. The third-order valence-electron chi connectivity index (χ3n) is 12.4. The van der Waals surface area contributed by atoms with Gasteiger partial charge in [-0.25, -0.2) is 0 Å². The lowest BCUT2D eigenvalue weighted by atomic mass is 9.94. The third-order valence-corrected chi connectivity index (χ3v) is 12.4. The molecular weight excluding hydrogens is 765 g/mol. The smallest absolute Gasteiger partial charge is 0.137 e. The second-order valence-corrected chi connectivity index (χ2v) is 16.1. The van der Waals surface area contributed by atoms with E-state index in [1.165, 1.54) is 44.1 Å². The summed E-state index contributed by atoms with van der Waals surface area (Å²) in [5, 5.41) is 4.62. The molecule has 12 aromatic rings. The topological polar surface area (TPSA) is 21.3 Å². The van der Waals surface area contributed by atoms with E-state index < -0.39 is 0 Å². The Balaban J connectivity index is 1.11. The van der Waals surface area contributed by atoms with Crippen molar-refractivity contribution in [1.82, 2.24) is 4.57 Å². The van der Waals surface area contributed by atoms with Crippen molar-refractivity contribution in [2.75, 3.05) is 4.90 Å². The minimum Gasteiger partial charge on any atom is -0.456 e. The third kappa shape index (κ3) is 6.38. The van der Waals surface area contributed by atoms with E-state index in [4.69, 9.17) is 4.42 Å². The van der Waals surface area contributed by atoms with Crippen molar-refractivity contribution in [3.63, 3.8) is 0 Å². The number of hydrogen-bond donors (Lipinski definition) is 0. The maximum Gasteiger partial charge on any atom is 0.137 e. The minimum absolute atomic E-state index is 0.851. The second-order valence-electron chi connectivity index (χ2n) is 16.1. The molecule has 63 heavy (non-hydrogen) atoms. The van der Waals surface area contributed by atoms with Gasteiger partial charge in [-0.2, -0.15) is 0 Å². The van der Waals surface area contributed by atoms with Gasteiger partial charge in [-0.3, -0.25) is 0 Å². The Morgan fingerprint density at radius 1 is 0.317 bits per heavy atom. The van der Waals surface area contributed by atoms with Crippen LogP contribution in [0.3, 0.4) is 0 Å². The molecule has 10 aromatic carbocycles. The van der Waals surface area contributed by atoms with E-state index in [1.807, 2.05) is 6.07 Å². The summed E-state index contributed by atoms with van der Waals surface area (Å²) >= 11 is 0. The molecule has 0 aliphatic rings. The molecule has 0 N–H and O–H groups in total. The van der Waals surface area contributed by atoms with Gasteiger partial charge in [0.05, 0.1) is 27.8 Å². The van der Waals surface area contributed by atoms with Crippen molar-refractivity contribution >= 4 is 60.8 Å². The number of fused-ring (bicyclic) bond motifs is 6. The van der Waals surface area contributed by atoms with Gasteiger partial charge in [0.2, 0.25) is 0 Å². The average Bonchev–Trinajstić information content (AvgIpc) is 3.91. The van der Waals surface area contributed by atoms with Crippen LogP contribution in [0.25, 0.3) is 93.9 Å². The molecule has 0 aliphatic carbocycles. The molecule has 0 bridgehead atoms. The SMILES string of the molecule is c1ccc(-c2ccc(-c3ccc(-c4ccc5c6ccccc6n(-c6ccccc6)c5c4)cc3N(c3ccc(-c4ccccc4)cc3)c3cccc4oc5ccccc5c34)cc2)cc1. The fraction of sp³-hybridized carbons (Fsp3) is 0. The number of aromatic nitrogens is 1. The van der Waals surface area contributed by atoms with Crippen molar-refractivity contribution < 1.29 is 4.42 Å². The Morgan fingerprint density at radius 2 is 0.841 bits per heavy atom. The molecule has 2 heterocycles. The number of nitrogens with zero attached hydrogens (tertiary/aromatic N) is 2. The largest absolute Gasteiger partial charge is 0.456 e. The van der Waals surface area contributed by atoms with Crippen LogP contribution in [0, 0.1) is 0 Å². The Bertz CT molecular complexity index is 3590. The Labute approximate surface area is 366 Å². The van der Waals surface area contributed by atoms with E-state index in [1.54, 1.807) is 0 Å². The number of benzene rings is 10. The summed E-state index contributed by atoms with van der Waals surface area (Å²) in [6.45, 7) is 0. The Kier molecular flexibility index (Phi) is 8.83. The van der Waals surface area contributed by atoms with E-state index in [0.29, 0.717) is 0 Å². The van der Waals surface area contributed by atoms with E-state index in [0.717, 1.165) is 66.9 Å². The first-order chi connectivity index (χ1) is 31.2. The van der Waals surface area contributed by atoms with Crippen LogP contribution >= 0.6 is 0 Å². The van der Waals surface area contributed by atoms with E-state index in [-0.39, 0.29) is 0 Å². The lowest BCUT2D eigenvalue weighted by Gasteiger charge is -2.29. The molecule has 0 radical (unpaired) electrons. The summed E-state index contributed by atoms with van der Waals surface area (Å²) < 4.78 is 8.93. The van der Waals surface area contributed by atoms with Crippen molar-refractivity contribution in [3.05, 3.63) is 243 Å². The first-order valence-electron chi connectivity index (χ1n) is 21.5. The van der Waals surface area contributed by atoms with Gasteiger partial charge in [-0.1, -0.05) is 182 Å². The summed E-state index contributed by atoms with van der Waals surface area (Å²) in [5.74, 6) is 0. The van der Waals surface area contributed by atoms with Crippen LogP contribution in [0.2, 0.25) is 0 Å². The average molecular weight is 805 g/mol. The molecule has 0 saturated carbocycles. The van der Waals surface area contributed by atoms with Gasteiger partial charge in [-0.05, 0) is 99.6 Å². The molecule has 0 fully saturated rings. The number of anilines is 3. The van der Waals surface area contributed by atoms with E-state index >= 15 is 0 Å². The number of para-hydroxylation sites is 3. The lowest BCUT2D eigenvalue weighted by Crippen LogP contribution is -2.12. The fourth-order valence-electron chi connectivity index (χ4n) is 9.40. The minimum atomic E-state index is 0.851. The van der Waals surface area contributed by atoms with Crippen LogP contribution in [-0.4, -0.2) is 4.57 Å². The lowest BCUT2D eigenvalue weighted by molar-refractivity contribution is 0.669. The summed E-state index contributed by atoms with van der Waals surface area (Å²) in [6.07, 6.45) is 0. The van der Waals surface area contributed by atoms with Crippen LogP contribution in [0.15, 0.2) is 247 Å². The molecule has 3 heteroatoms. The van der Waals surface area contributed by atoms with Crippen LogP contribution in [0.5, 0.6) is 0 Å². The van der Waals surface area contributed by atoms with E-state index in [9.17, 15) is 0 Å². The molecule has 3 nitrogen and oxygen atoms in total. The van der Waals surface area contributed by atoms with Gasteiger partial charge in [0.15, 0.2) is 0 Å². The maximum absolute atomic E-state index is 6.54. The maximum atomic E-state index is 6.54. The van der Waals surface area contributed by atoms with Crippen molar-refractivity contribution in [1.29, 1.82) is 0 Å². The molecule has 0 saturated heterocycles. The monoisotopic (exact) mass is 804 g/mol. The first kappa shape index (κ1) is 36.5. The zero-order valence-corrected chi connectivity index (χ0v) is 34.4. The Morgan fingerprint density at radius 3 is 1.57 bits per heavy atom. The summed E-state index contributed by atoms with van der Waals surface area (Å²) in [4.78, 5) is 2.43. The van der Waals surface area contributed by atoms with Crippen molar-refractivity contribution in [2.45, 2.75) is 0 Å². The first-order valence-corrected chi connectivity index (χ1v) is 21.5. The van der Waals surface area contributed by atoms with Gasteiger partial charge < -0.3 is 13.9 Å². The fourth-order valence-corrected chi connectivity index (χ4v) is 9.40. The molecule has 12 rings (SSSR count). The highest BCUT2D eigenvalue weighted by Crippen LogP contribution is 2.48. The van der Waals surface area contributed by atoms with Crippen LogP contribution < -0.4 is 4.90 Å². The molecule has 0 aliphatic heterocycles. The number of rotatable bonds is 8. The quantitative estimate of drug-likeness (QED) is 0.153. The predicted molar refractivity (Wildman–Crippen MR) is 264 cm³/mol. The van der Waals surface area contributed by atoms with Gasteiger partial charge in [0.1, 0.15) is 11.2 Å². The van der Waals surface area contributed by atoms with Crippen molar-refractivity contribution in [3.8, 4) is 50.2 Å². The zero-order chi connectivity index (χ0) is 41.7. The molecule has 0 unspecified atom stereocenters. The van der Waals surface area contributed by atoms with Gasteiger partial charge in [0.25, 0.3) is 0 Å². The van der Waals surface area contributed by atoms with Crippen LogP contribution in [0.1, 0.15) is 0 Å². The van der Waals surface area contributed by atoms with Gasteiger partial charge in [0, 0.05) is 33.1 Å². The molecular formula is C60H40N2O. The van der Waals surface area contributed by atoms with Gasteiger partial charge in [-0.15, -0.1) is 0 Å². The predicted octanol–water partition coefficient (Wildman–Crippen LogP) is 16.8. The second kappa shape index (κ2) is 15.3. The molecule has 2 aromatic heterocycles. The zero-order valence-electron chi connectivity index (χ0n) is 34.4. The summed E-state index contributed by atoms with van der Waals surface area (Å²) in [5.41, 5.74) is 17.6. The van der Waals surface area contributed by atoms with Crippen LogP contribution in [-0.2, 0) is 0 Å². The van der Waals surface area contributed by atoms with Crippen molar-refractivity contribution in [2.24, 2.45) is 0 Å². The molecule has 0 atom stereocenters. The van der Waals surface area contributed by atoms with Gasteiger partial charge >= 0.3 is 0 Å². The normalized spacial score (nSPS) is 11.5. The molecule has 0 amide bonds. The summed E-state index contributed by atoms with van der Waals surface area (Å²) in [6, 6.07) is 87.2. The molecule has 0 spiro atoms. The molecule has 296 valence electrons. The highest BCUT2D eigenvalue weighted by molar-refractivity contribution is 6.14. The van der Waals surface area contributed by atoms with E-state index in [2.05, 4.69) is 246 Å². The highest BCUT2D eigenvalue weighted by Gasteiger charge is 2.23.